The van der Waals surface area contributed by atoms with Crippen molar-refractivity contribution in [2.24, 2.45) is 0 Å². The summed E-state index contributed by atoms with van der Waals surface area (Å²) in [5.74, 6) is 0. The lowest BCUT2D eigenvalue weighted by Gasteiger charge is -2.08. The Bertz CT molecular complexity index is 253. The van der Waals surface area contributed by atoms with Gasteiger partial charge in [-0.3, -0.25) is 0 Å². The number of nitrogens with zero attached hydrogens (tertiary/aromatic N) is 1. The molecule has 0 saturated heterocycles. The van der Waals surface area contributed by atoms with Crippen molar-refractivity contribution in [3.63, 3.8) is 0 Å². The zero-order valence-electron chi connectivity index (χ0n) is 8.58. The van der Waals surface area contributed by atoms with Crippen LogP contribution >= 0.6 is 0 Å². The third-order valence-electron chi connectivity index (χ3n) is 2.43. The topological polar surface area (TPSA) is 25.2 Å². The maximum atomic E-state index is 9.07. The molecule has 0 aliphatic carbocycles. The molecule has 1 rings (SSSR count). The number of rotatable bonds is 5. The van der Waals surface area contributed by atoms with Gasteiger partial charge in [-0.1, -0.05) is 13.3 Å². The number of aliphatic hydroxyl groups excluding tert-OH is 1. The van der Waals surface area contributed by atoms with E-state index in [2.05, 4.69) is 24.5 Å². The first-order valence-corrected chi connectivity index (χ1v) is 5.11. The molecule has 0 amide bonds. The second-order valence-corrected chi connectivity index (χ2v) is 3.32. The highest BCUT2D eigenvalue weighted by Crippen LogP contribution is 2.12. The summed E-state index contributed by atoms with van der Waals surface area (Å²) in [6.45, 7) is 5.43. The van der Waals surface area contributed by atoms with Gasteiger partial charge in [-0.05, 0) is 31.9 Å². The van der Waals surface area contributed by atoms with Crippen LogP contribution in [0.4, 0.5) is 0 Å². The Morgan fingerprint density at radius 2 is 1.92 bits per heavy atom. The molecule has 1 aromatic rings. The molecule has 0 aromatic carbocycles. The monoisotopic (exact) mass is 181 g/mol. The van der Waals surface area contributed by atoms with Crippen LogP contribution in [-0.4, -0.2) is 9.67 Å². The summed E-state index contributed by atoms with van der Waals surface area (Å²) >= 11 is 0. The van der Waals surface area contributed by atoms with Crippen LogP contribution in [0.15, 0.2) is 12.1 Å². The van der Waals surface area contributed by atoms with Gasteiger partial charge in [0.25, 0.3) is 0 Å². The number of hydrogen-bond donors (Lipinski definition) is 1. The second kappa shape index (κ2) is 5.07. The molecule has 74 valence electrons. The quantitative estimate of drug-likeness (QED) is 0.741. The van der Waals surface area contributed by atoms with E-state index in [1.807, 2.05) is 6.07 Å². The van der Waals surface area contributed by atoms with Gasteiger partial charge in [-0.2, -0.15) is 0 Å². The van der Waals surface area contributed by atoms with Crippen molar-refractivity contribution in [2.45, 2.75) is 46.3 Å². The van der Waals surface area contributed by atoms with E-state index in [-0.39, 0.29) is 6.61 Å². The summed E-state index contributed by atoms with van der Waals surface area (Å²) in [4.78, 5) is 0. The Kier molecular flexibility index (Phi) is 4.03. The van der Waals surface area contributed by atoms with Crippen molar-refractivity contribution in [3.05, 3.63) is 23.5 Å². The molecule has 0 saturated carbocycles. The Labute approximate surface area is 80.2 Å². The lowest BCUT2D eigenvalue weighted by molar-refractivity contribution is 0.270. The lowest BCUT2D eigenvalue weighted by atomic mass is 10.2. The molecule has 2 nitrogen and oxygen atoms in total. The van der Waals surface area contributed by atoms with Crippen LogP contribution in [0.5, 0.6) is 0 Å². The maximum absolute atomic E-state index is 9.07. The fraction of sp³-hybridized carbons (Fsp3) is 0.636. The van der Waals surface area contributed by atoms with E-state index >= 15 is 0 Å². The highest BCUT2D eigenvalue weighted by Gasteiger charge is 2.04. The minimum absolute atomic E-state index is 0.153. The number of aliphatic hydroxyl groups is 1. The van der Waals surface area contributed by atoms with Gasteiger partial charge in [0.15, 0.2) is 0 Å². The van der Waals surface area contributed by atoms with Crippen molar-refractivity contribution in [3.8, 4) is 0 Å². The van der Waals surface area contributed by atoms with Gasteiger partial charge in [0.1, 0.15) is 0 Å². The Morgan fingerprint density at radius 1 is 1.23 bits per heavy atom. The summed E-state index contributed by atoms with van der Waals surface area (Å²) in [5.41, 5.74) is 2.39. The number of aromatic nitrogens is 1. The first-order valence-electron chi connectivity index (χ1n) is 5.11. The van der Waals surface area contributed by atoms with Crippen LogP contribution in [-0.2, 0) is 19.6 Å². The van der Waals surface area contributed by atoms with Crippen LogP contribution < -0.4 is 0 Å². The fourth-order valence-electron chi connectivity index (χ4n) is 1.68. The van der Waals surface area contributed by atoms with Crippen molar-refractivity contribution in [1.82, 2.24) is 4.57 Å². The Hall–Kier alpha value is -0.760. The van der Waals surface area contributed by atoms with Gasteiger partial charge in [0, 0.05) is 17.9 Å². The van der Waals surface area contributed by atoms with Gasteiger partial charge >= 0.3 is 0 Å². The van der Waals surface area contributed by atoms with E-state index in [1.54, 1.807) is 0 Å². The largest absolute Gasteiger partial charge is 0.390 e. The van der Waals surface area contributed by atoms with Crippen LogP contribution in [0.3, 0.4) is 0 Å². The number of hydrogen-bond acceptors (Lipinski definition) is 1. The SMILES string of the molecule is CCCCc1ccc(CO)n1CC. The predicted molar refractivity (Wildman–Crippen MR) is 54.6 cm³/mol. The van der Waals surface area contributed by atoms with Gasteiger partial charge < -0.3 is 9.67 Å². The Morgan fingerprint density at radius 3 is 2.46 bits per heavy atom. The summed E-state index contributed by atoms with van der Waals surface area (Å²) < 4.78 is 2.20. The smallest absolute Gasteiger partial charge is 0.0832 e. The molecule has 0 aliphatic rings. The Balaban J connectivity index is 2.75. The summed E-state index contributed by atoms with van der Waals surface area (Å²) in [7, 11) is 0. The van der Waals surface area contributed by atoms with Gasteiger partial charge in [0.2, 0.25) is 0 Å². The van der Waals surface area contributed by atoms with Crippen LogP contribution in [0.1, 0.15) is 38.1 Å². The zero-order chi connectivity index (χ0) is 9.68. The van der Waals surface area contributed by atoms with E-state index in [0.717, 1.165) is 18.7 Å². The van der Waals surface area contributed by atoms with E-state index < -0.39 is 0 Å². The zero-order valence-corrected chi connectivity index (χ0v) is 8.58. The van der Waals surface area contributed by atoms with Crippen molar-refractivity contribution in [1.29, 1.82) is 0 Å². The van der Waals surface area contributed by atoms with E-state index in [9.17, 15) is 0 Å². The molecule has 0 spiro atoms. The average molecular weight is 181 g/mol. The molecular formula is C11H19NO. The number of unbranched alkanes of at least 4 members (excludes halogenated alkanes) is 1. The van der Waals surface area contributed by atoms with E-state index in [1.165, 1.54) is 18.5 Å². The van der Waals surface area contributed by atoms with Crippen LogP contribution in [0.2, 0.25) is 0 Å². The molecule has 1 N–H and O–H groups in total. The first-order chi connectivity index (χ1) is 6.33. The van der Waals surface area contributed by atoms with Gasteiger partial charge in [-0.25, -0.2) is 0 Å². The second-order valence-electron chi connectivity index (χ2n) is 3.32. The summed E-state index contributed by atoms with van der Waals surface area (Å²) in [5, 5.41) is 9.07. The van der Waals surface area contributed by atoms with Gasteiger partial charge in [-0.15, -0.1) is 0 Å². The molecule has 0 atom stereocenters. The predicted octanol–water partition coefficient (Wildman–Crippen LogP) is 2.34. The highest BCUT2D eigenvalue weighted by atomic mass is 16.3. The fourth-order valence-corrected chi connectivity index (χ4v) is 1.68. The molecule has 13 heavy (non-hydrogen) atoms. The third-order valence-corrected chi connectivity index (χ3v) is 2.43. The minimum Gasteiger partial charge on any atom is -0.390 e. The maximum Gasteiger partial charge on any atom is 0.0832 e. The van der Waals surface area contributed by atoms with Crippen LogP contribution in [0.25, 0.3) is 0 Å². The molecule has 0 fully saturated rings. The molecular weight excluding hydrogens is 162 g/mol. The number of aryl methyl sites for hydroxylation is 1. The van der Waals surface area contributed by atoms with Crippen molar-refractivity contribution < 1.29 is 5.11 Å². The third kappa shape index (κ3) is 2.34. The molecule has 1 heterocycles. The molecule has 1 aromatic heterocycles. The molecule has 0 radical (unpaired) electrons. The minimum atomic E-state index is 0.153. The molecule has 2 heteroatoms. The first kappa shape index (κ1) is 10.3. The van der Waals surface area contributed by atoms with E-state index in [0.29, 0.717) is 0 Å². The lowest BCUT2D eigenvalue weighted by Crippen LogP contribution is -2.04. The highest BCUT2D eigenvalue weighted by molar-refractivity contribution is 5.16. The standard InChI is InChI=1S/C11H19NO/c1-3-5-6-10-7-8-11(9-13)12(10)4-2/h7-8,13H,3-6,9H2,1-2H3. The van der Waals surface area contributed by atoms with Gasteiger partial charge in [0.05, 0.1) is 6.61 Å². The normalized spacial score (nSPS) is 10.7. The molecule has 0 aliphatic heterocycles. The summed E-state index contributed by atoms with van der Waals surface area (Å²) in [6, 6.07) is 4.15. The van der Waals surface area contributed by atoms with Crippen molar-refractivity contribution in [2.75, 3.05) is 0 Å². The average Bonchev–Trinajstić information content (AvgIpc) is 2.56. The van der Waals surface area contributed by atoms with Crippen molar-refractivity contribution >= 4 is 0 Å². The molecule has 0 unspecified atom stereocenters. The van der Waals surface area contributed by atoms with E-state index in [4.69, 9.17) is 5.11 Å². The molecule has 0 bridgehead atoms. The summed E-state index contributed by atoms with van der Waals surface area (Å²) in [6.07, 6.45) is 3.59. The van der Waals surface area contributed by atoms with Crippen LogP contribution in [0, 0.1) is 0 Å².